The van der Waals surface area contributed by atoms with Crippen molar-refractivity contribution in [2.75, 3.05) is 13.1 Å². The van der Waals surface area contributed by atoms with Crippen LogP contribution in [-0.2, 0) is 6.42 Å². The van der Waals surface area contributed by atoms with E-state index in [0.717, 1.165) is 31.6 Å². The number of nitrogens with one attached hydrogen (secondary N) is 1. The predicted octanol–water partition coefficient (Wildman–Crippen LogP) is 3.25. The number of H-pyrrole nitrogens is 1. The highest BCUT2D eigenvalue weighted by Gasteiger charge is 2.31. The number of hydrogen-bond acceptors (Lipinski definition) is 1. The summed E-state index contributed by atoms with van der Waals surface area (Å²) < 4.78 is 8.89. The molecule has 0 saturated carbocycles. The van der Waals surface area contributed by atoms with Crippen molar-refractivity contribution in [2.45, 2.75) is 31.7 Å². The van der Waals surface area contributed by atoms with Crippen molar-refractivity contribution in [1.29, 1.82) is 0 Å². The predicted molar refractivity (Wildman–Crippen MR) is 70.2 cm³/mol. The van der Waals surface area contributed by atoms with E-state index in [-0.39, 0.29) is 0 Å². The molecular formula is C15H18N2. The molecule has 2 nitrogen and oxygen atoms in total. The first-order chi connectivity index (χ1) is 8.79. The van der Waals surface area contributed by atoms with Crippen molar-refractivity contribution < 1.29 is 1.37 Å². The topological polar surface area (TPSA) is 19.0 Å². The highest BCUT2D eigenvalue weighted by atomic mass is 15.2. The van der Waals surface area contributed by atoms with Gasteiger partial charge in [0.2, 0.25) is 0 Å². The van der Waals surface area contributed by atoms with E-state index >= 15 is 0 Å². The van der Waals surface area contributed by atoms with Crippen LogP contribution in [0, 0.1) is 0 Å². The van der Waals surface area contributed by atoms with Crippen LogP contribution in [0.3, 0.4) is 0 Å². The average molecular weight is 227 g/mol. The minimum Gasteiger partial charge on any atom is -0.357 e. The second-order valence-corrected chi connectivity index (χ2v) is 5.16. The van der Waals surface area contributed by atoms with E-state index in [1.165, 1.54) is 29.3 Å². The first-order valence-corrected chi connectivity index (χ1v) is 6.64. The van der Waals surface area contributed by atoms with Gasteiger partial charge in [0.25, 0.3) is 0 Å². The van der Waals surface area contributed by atoms with Crippen molar-refractivity contribution in [3.63, 3.8) is 0 Å². The summed E-state index contributed by atoms with van der Waals surface area (Å²) in [6.07, 6.45) is 4.47. The van der Waals surface area contributed by atoms with Crippen LogP contribution in [0.4, 0.5) is 0 Å². The molecule has 0 aliphatic carbocycles. The minimum absolute atomic E-state index is 0.495. The summed E-state index contributed by atoms with van der Waals surface area (Å²) in [6.45, 7) is 2.12. The number of hydrogen-bond donors (Lipinski definition) is 1. The summed E-state index contributed by atoms with van der Waals surface area (Å²) in [5.41, 5.74) is 3.75. The third-order valence-corrected chi connectivity index (χ3v) is 4.21. The Kier molecular flexibility index (Phi) is 1.86. The molecule has 1 atom stereocenters. The van der Waals surface area contributed by atoms with Crippen LogP contribution in [0.2, 0.25) is 0 Å². The number of benzene rings is 1. The van der Waals surface area contributed by atoms with E-state index in [0.29, 0.717) is 0 Å². The molecule has 1 saturated heterocycles. The summed E-state index contributed by atoms with van der Waals surface area (Å²) >= 11 is 0. The fourth-order valence-corrected chi connectivity index (χ4v) is 3.37. The van der Waals surface area contributed by atoms with Gasteiger partial charge in [-0.25, -0.2) is 0 Å². The molecule has 1 N–H and O–H groups in total. The zero-order valence-electron chi connectivity index (χ0n) is 11.0. The quantitative estimate of drug-likeness (QED) is 0.732. The molecule has 4 rings (SSSR count). The van der Waals surface area contributed by atoms with Crippen molar-refractivity contribution >= 4 is 10.9 Å². The number of piperidine rings is 1. The maximum atomic E-state index is 8.89. The Labute approximate surface area is 103 Å². The Morgan fingerprint density at radius 1 is 1.24 bits per heavy atom. The van der Waals surface area contributed by atoms with Crippen LogP contribution in [0.5, 0.6) is 0 Å². The van der Waals surface area contributed by atoms with E-state index in [1.54, 1.807) is 0 Å². The molecule has 88 valence electrons. The molecule has 2 heteroatoms. The third kappa shape index (κ3) is 1.37. The molecule has 17 heavy (non-hydrogen) atoms. The molecule has 0 bridgehead atoms. The maximum absolute atomic E-state index is 8.89. The van der Waals surface area contributed by atoms with E-state index in [2.05, 4.69) is 34.1 Å². The second-order valence-electron chi connectivity index (χ2n) is 5.16. The molecule has 2 aliphatic heterocycles. The Morgan fingerprint density at radius 3 is 3.18 bits per heavy atom. The molecule has 2 aromatic rings. The molecule has 1 aromatic heterocycles. The number of fused-ring (bicyclic) bond motifs is 5. The second kappa shape index (κ2) is 3.61. The van der Waals surface area contributed by atoms with Gasteiger partial charge in [-0.1, -0.05) is 24.6 Å². The highest BCUT2D eigenvalue weighted by molar-refractivity contribution is 5.85. The Hall–Kier alpha value is -1.28. The SMILES string of the molecule is [2H]C12CCCCN1CCc1c2[nH]c2ccccc12. The summed E-state index contributed by atoms with van der Waals surface area (Å²) in [5.74, 6) is 0. The summed E-state index contributed by atoms with van der Waals surface area (Å²) in [6, 6.07) is 7.99. The number of para-hydroxylation sites is 1. The molecule has 0 spiro atoms. The summed E-state index contributed by atoms with van der Waals surface area (Å²) in [5, 5.41) is 1.32. The van der Waals surface area contributed by atoms with Gasteiger partial charge < -0.3 is 4.98 Å². The maximum Gasteiger partial charge on any atom is 0.0534 e. The standard InChI is InChI=1S/C15H18N2/c1-2-6-13-11(5-1)12-8-10-17-9-4-3-7-14(17)15(12)16-13/h1-2,5-6,14,16H,3-4,7-10H2/i14D. The number of aromatic nitrogens is 1. The minimum atomic E-state index is -0.495. The van der Waals surface area contributed by atoms with Gasteiger partial charge >= 0.3 is 0 Å². The van der Waals surface area contributed by atoms with Gasteiger partial charge in [-0.3, -0.25) is 4.90 Å². The first-order valence-electron chi connectivity index (χ1n) is 7.14. The van der Waals surface area contributed by atoms with E-state index in [1.807, 2.05) is 0 Å². The van der Waals surface area contributed by atoms with Gasteiger partial charge in [-0.05, 0) is 37.4 Å². The molecule has 0 radical (unpaired) electrons. The Morgan fingerprint density at radius 2 is 2.18 bits per heavy atom. The van der Waals surface area contributed by atoms with Gasteiger partial charge in [0.15, 0.2) is 0 Å². The molecule has 1 fully saturated rings. The van der Waals surface area contributed by atoms with Crippen molar-refractivity contribution in [3.8, 4) is 0 Å². The lowest BCUT2D eigenvalue weighted by atomic mass is 9.91. The third-order valence-electron chi connectivity index (χ3n) is 4.21. The lowest BCUT2D eigenvalue weighted by Gasteiger charge is -2.39. The molecule has 1 unspecified atom stereocenters. The van der Waals surface area contributed by atoms with Crippen LogP contribution in [0.15, 0.2) is 24.3 Å². The number of aromatic amines is 1. The van der Waals surface area contributed by atoms with Gasteiger partial charge in [0.05, 0.1) is 7.39 Å². The monoisotopic (exact) mass is 227 g/mol. The highest BCUT2D eigenvalue weighted by Crippen LogP contribution is 2.38. The fraction of sp³-hybridized carbons (Fsp3) is 0.467. The molecule has 1 aromatic carbocycles. The smallest absolute Gasteiger partial charge is 0.0534 e. The van der Waals surface area contributed by atoms with Crippen LogP contribution in [0.1, 0.15) is 37.9 Å². The van der Waals surface area contributed by atoms with Crippen molar-refractivity contribution in [3.05, 3.63) is 35.5 Å². The molecular weight excluding hydrogens is 208 g/mol. The van der Waals surface area contributed by atoms with Gasteiger partial charge in [0.1, 0.15) is 0 Å². The zero-order valence-corrected chi connectivity index (χ0v) is 10.00. The Balaban J connectivity index is 1.96. The van der Waals surface area contributed by atoms with Crippen LogP contribution in [0.25, 0.3) is 10.9 Å². The van der Waals surface area contributed by atoms with Gasteiger partial charge in [-0.2, -0.15) is 0 Å². The molecule has 3 heterocycles. The lowest BCUT2D eigenvalue weighted by molar-refractivity contribution is 0.136. The van der Waals surface area contributed by atoms with Gasteiger partial charge in [0, 0.05) is 23.1 Å². The summed E-state index contributed by atoms with van der Waals surface area (Å²) in [4.78, 5) is 5.88. The van der Waals surface area contributed by atoms with Crippen molar-refractivity contribution in [2.24, 2.45) is 0 Å². The van der Waals surface area contributed by atoms with Gasteiger partial charge in [-0.15, -0.1) is 0 Å². The van der Waals surface area contributed by atoms with E-state index < -0.39 is 6.02 Å². The number of rotatable bonds is 0. The van der Waals surface area contributed by atoms with Crippen LogP contribution >= 0.6 is 0 Å². The fourth-order valence-electron chi connectivity index (χ4n) is 3.37. The van der Waals surface area contributed by atoms with E-state index in [9.17, 15) is 0 Å². The molecule has 2 aliphatic rings. The zero-order chi connectivity index (χ0) is 12.2. The first kappa shape index (κ1) is 8.76. The van der Waals surface area contributed by atoms with Crippen molar-refractivity contribution in [1.82, 2.24) is 9.88 Å². The molecule has 0 amide bonds. The lowest BCUT2D eigenvalue weighted by Crippen LogP contribution is -2.38. The average Bonchev–Trinajstić information content (AvgIpc) is 2.78. The summed E-state index contributed by atoms with van der Waals surface area (Å²) in [7, 11) is 0. The number of nitrogens with zero attached hydrogens (tertiary/aromatic N) is 1. The van der Waals surface area contributed by atoms with Crippen LogP contribution in [-0.4, -0.2) is 23.0 Å². The van der Waals surface area contributed by atoms with E-state index in [4.69, 9.17) is 1.37 Å². The van der Waals surface area contributed by atoms with Crippen LogP contribution < -0.4 is 0 Å². The normalized spacial score (nSPS) is 29.8. The largest absolute Gasteiger partial charge is 0.357 e. The Bertz CT molecular complexity index is 604.